The van der Waals surface area contributed by atoms with E-state index in [2.05, 4.69) is 29.0 Å². The van der Waals surface area contributed by atoms with Crippen molar-refractivity contribution >= 4 is 23.3 Å². The van der Waals surface area contributed by atoms with E-state index in [0.29, 0.717) is 12.1 Å². The number of aromatic nitrogens is 1. The van der Waals surface area contributed by atoms with E-state index in [1.807, 2.05) is 30.3 Å². The van der Waals surface area contributed by atoms with E-state index in [-0.39, 0.29) is 5.91 Å². The Morgan fingerprint density at radius 2 is 1.87 bits per heavy atom. The number of nitrogens with zero attached hydrogens (tertiary/aromatic N) is 2. The lowest BCUT2D eigenvalue weighted by atomic mass is 10.1. The van der Waals surface area contributed by atoms with E-state index < -0.39 is 0 Å². The normalized spacial score (nSPS) is 10.4. The molecule has 1 aromatic carbocycles. The standard InChI is InChI=1S/C18H22ClN3O/c1-3-22(4-2)17-13-15(10-12-20-17)18(23)21-11-9-14-5-7-16(19)8-6-14/h5-8,10,12-13H,3-4,9,11H2,1-2H3,(H,21,23). The van der Waals surface area contributed by atoms with Gasteiger partial charge in [0.2, 0.25) is 0 Å². The number of rotatable bonds is 7. The van der Waals surface area contributed by atoms with Crippen molar-refractivity contribution in [3.63, 3.8) is 0 Å². The molecule has 1 amide bonds. The molecule has 1 aromatic heterocycles. The molecule has 2 rings (SSSR count). The average molecular weight is 332 g/mol. The largest absolute Gasteiger partial charge is 0.357 e. The van der Waals surface area contributed by atoms with Crippen LogP contribution in [0.2, 0.25) is 5.02 Å². The van der Waals surface area contributed by atoms with Gasteiger partial charge in [0.25, 0.3) is 5.91 Å². The summed E-state index contributed by atoms with van der Waals surface area (Å²) >= 11 is 5.86. The molecule has 0 saturated heterocycles. The third-order valence-corrected chi connectivity index (χ3v) is 3.96. The first-order valence-corrected chi connectivity index (χ1v) is 8.25. The molecule has 0 aliphatic heterocycles. The Hall–Kier alpha value is -2.07. The number of pyridine rings is 1. The maximum atomic E-state index is 12.3. The molecule has 0 aliphatic rings. The minimum atomic E-state index is -0.0743. The number of anilines is 1. The zero-order chi connectivity index (χ0) is 16.7. The molecular formula is C18H22ClN3O. The fourth-order valence-corrected chi connectivity index (χ4v) is 2.48. The molecule has 122 valence electrons. The van der Waals surface area contributed by atoms with Gasteiger partial charge in [-0.05, 0) is 50.1 Å². The molecule has 0 fully saturated rings. The zero-order valence-electron chi connectivity index (χ0n) is 13.6. The molecule has 0 aliphatic carbocycles. The number of carbonyl (C=O) groups is 1. The molecule has 1 N–H and O–H groups in total. The Bertz CT molecular complexity index is 639. The van der Waals surface area contributed by atoms with Gasteiger partial charge in [-0.2, -0.15) is 0 Å². The van der Waals surface area contributed by atoms with Crippen LogP contribution in [0.25, 0.3) is 0 Å². The quantitative estimate of drug-likeness (QED) is 0.843. The van der Waals surface area contributed by atoms with Crippen molar-refractivity contribution in [1.29, 1.82) is 0 Å². The second-order valence-corrected chi connectivity index (χ2v) is 5.64. The molecular weight excluding hydrogens is 310 g/mol. The Labute approximate surface area is 142 Å². The topological polar surface area (TPSA) is 45.2 Å². The third kappa shape index (κ3) is 4.96. The van der Waals surface area contributed by atoms with Crippen LogP contribution in [0.5, 0.6) is 0 Å². The zero-order valence-corrected chi connectivity index (χ0v) is 14.3. The molecule has 23 heavy (non-hydrogen) atoms. The summed E-state index contributed by atoms with van der Waals surface area (Å²) in [6.07, 6.45) is 2.46. The van der Waals surface area contributed by atoms with E-state index in [4.69, 9.17) is 11.6 Å². The van der Waals surface area contributed by atoms with Crippen LogP contribution >= 0.6 is 11.6 Å². The lowest BCUT2D eigenvalue weighted by Crippen LogP contribution is -2.27. The first-order valence-electron chi connectivity index (χ1n) is 7.87. The van der Waals surface area contributed by atoms with Crippen LogP contribution in [0.4, 0.5) is 5.82 Å². The van der Waals surface area contributed by atoms with Gasteiger partial charge in [-0.1, -0.05) is 23.7 Å². The number of nitrogens with one attached hydrogen (secondary N) is 1. The van der Waals surface area contributed by atoms with Gasteiger partial charge in [0.1, 0.15) is 5.82 Å². The molecule has 2 aromatic rings. The number of benzene rings is 1. The number of hydrogen-bond acceptors (Lipinski definition) is 3. The SMILES string of the molecule is CCN(CC)c1cc(C(=O)NCCc2ccc(Cl)cc2)ccn1. The predicted octanol–water partition coefficient (Wildman–Crippen LogP) is 3.55. The Morgan fingerprint density at radius 3 is 2.52 bits per heavy atom. The maximum absolute atomic E-state index is 12.3. The fraction of sp³-hybridized carbons (Fsp3) is 0.333. The van der Waals surface area contributed by atoms with Gasteiger partial charge >= 0.3 is 0 Å². The van der Waals surface area contributed by atoms with E-state index in [0.717, 1.165) is 35.9 Å². The average Bonchev–Trinajstić information content (AvgIpc) is 2.58. The summed E-state index contributed by atoms with van der Waals surface area (Å²) in [6.45, 7) is 6.47. The van der Waals surface area contributed by atoms with Gasteiger partial charge in [-0.3, -0.25) is 4.79 Å². The van der Waals surface area contributed by atoms with Crippen LogP contribution in [-0.4, -0.2) is 30.5 Å². The number of carbonyl (C=O) groups excluding carboxylic acids is 1. The highest BCUT2D eigenvalue weighted by atomic mass is 35.5. The Kier molecular flexibility index (Phi) is 6.41. The van der Waals surface area contributed by atoms with E-state index in [9.17, 15) is 4.79 Å². The minimum Gasteiger partial charge on any atom is -0.357 e. The van der Waals surface area contributed by atoms with Gasteiger partial charge in [-0.25, -0.2) is 4.98 Å². The Balaban J connectivity index is 1.92. The monoisotopic (exact) mass is 331 g/mol. The first-order chi connectivity index (χ1) is 11.1. The first kappa shape index (κ1) is 17.3. The summed E-state index contributed by atoms with van der Waals surface area (Å²) < 4.78 is 0. The summed E-state index contributed by atoms with van der Waals surface area (Å²) in [5, 5.41) is 3.67. The fourth-order valence-electron chi connectivity index (χ4n) is 2.35. The number of hydrogen-bond donors (Lipinski definition) is 1. The van der Waals surface area contributed by atoms with Crippen LogP contribution in [-0.2, 0) is 6.42 Å². The van der Waals surface area contributed by atoms with Crippen molar-refractivity contribution < 1.29 is 4.79 Å². The third-order valence-electron chi connectivity index (χ3n) is 3.71. The smallest absolute Gasteiger partial charge is 0.251 e. The Morgan fingerprint density at radius 1 is 1.17 bits per heavy atom. The van der Waals surface area contributed by atoms with E-state index in [1.54, 1.807) is 12.3 Å². The van der Waals surface area contributed by atoms with Gasteiger partial charge in [0, 0.05) is 36.4 Å². The summed E-state index contributed by atoms with van der Waals surface area (Å²) in [7, 11) is 0. The van der Waals surface area contributed by atoms with Gasteiger partial charge in [0.15, 0.2) is 0 Å². The molecule has 4 nitrogen and oxygen atoms in total. The summed E-state index contributed by atoms with van der Waals surface area (Å²) in [6, 6.07) is 11.2. The molecule has 0 radical (unpaired) electrons. The molecule has 0 atom stereocenters. The number of halogens is 1. The van der Waals surface area contributed by atoms with Gasteiger partial charge in [0.05, 0.1) is 0 Å². The van der Waals surface area contributed by atoms with Crippen LogP contribution in [0.3, 0.4) is 0 Å². The minimum absolute atomic E-state index is 0.0743. The van der Waals surface area contributed by atoms with Gasteiger partial charge in [-0.15, -0.1) is 0 Å². The van der Waals surface area contributed by atoms with E-state index >= 15 is 0 Å². The molecule has 0 spiro atoms. The number of amides is 1. The van der Waals surface area contributed by atoms with Crippen LogP contribution < -0.4 is 10.2 Å². The second-order valence-electron chi connectivity index (χ2n) is 5.21. The van der Waals surface area contributed by atoms with Crippen molar-refractivity contribution in [3.8, 4) is 0 Å². The highest BCUT2D eigenvalue weighted by Gasteiger charge is 2.09. The van der Waals surface area contributed by atoms with Crippen LogP contribution in [0.1, 0.15) is 29.8 Å². The molecule has 1 heterocycles. The van der Waals surface area contributed by atoms with Crippen molar-refractivity contribution in [1.82, 2.24) is 10.3 Å². The molecule has 0 unspecified atom stereocenters. The van der Waals surface area contributed by atoms with Crippen molar-refractivity contribution in [2.75, 3.05) is 24.5 Å². The van der Waals surface area contributed by atoms with Crippen LogP contribution in [0, 0.1) is 0 Å². The lowest BCUT2D eigenvalue weighted by Gasteiger charge is -2.20. The molecule has 0 bridgehead atoms. The van der Waals surface area contributed by atoms with Crippen LogP contribution in [0.15, 0.2) is 42.6 Å². The lowest BCUT2D eigenvalue weighted by molar-refractivity contribution is 0.0954. The summed E-state index contributed by atoms with van der Waals surface area (Å²) in [5.74, 6) is 0.759. The second kappa shape index (κ2) is 8.53. The van der Waals surface area contributed by atoms with Crippen molar-refractivity contribution in [2.45, 2.75) is 20.3 Å². The summed E-state index contributed by atoms with van der Waals surface area (Å²) in [5.41, 5.74) is 1.78. The molecule has 0 saturated carbocycles. The highest BCUT2D eigenvalue weighted by Crippen LogP contribution is 2.12. The van der Waals surface area contributed by atoms with Gasteiger partial charge < -0.3 is 10.2 Å². The van der Waals surface area contributed by atoms with Crippen molar-refractivity contribution in [3.05, 3.63) is 58.7 Å². The summed E-state index contributed by atoms with van der Waals surface area (Å²) in [4.78, 5) is 18.7. The predicted molar refractivity (Wildman–Crippen MR) is 95.3 cm³/mol. The molecule has 5 heteroatoms. The highest BCUT2D eigenvalue weighted by molar-refractivity contribution is 6.30. The maximum Gasteiger partial charge on any atom is 0.251 e. The van der Waals surface area contributed by atoms with E-state index in [1.165, 1.54) is 0 Å². The van der Waals surface area contributed by atoms with Crippen molar-refractivity contribution in [2.24, 2.45) is 0 Å².